The van der Waals surface area contributed by atoms with E-state index in [1.165, 1.54) is 37.4 Å². The fraction of sp³-hybridized carbons (Fsp3) is 0. The summed E-state index contributed by atoms with van der Waals surface area (Å²) in [6.07, 6.45) is 0. The number of anilines is 3. The third-order valence-electron chi connectivity index (χ3n) is 10.7. The molecule has 2 heterocycles. The van der Waals surface area contributed by atoms with E-state index < -0.39 is 0 Å². The molecule has 2 aromatic heterocycles. The fourth-order valence-electron chi connectivity index (χ4n) is 7.83. The van der Waals surface area contributed by atoms with Gasteiger partial charge in [-0.25, -0.2) is 4.98 Å². The van der Waals surface area contributed by atoms with Crippen LogP contribution in [-0.4, -0.2) is 4.98 Å². The molecule has 0 unspecified atom stereocenters. The van der Waals surface area contributed by atoms with Gasteiger partial charge in [0.2, 0.25) is 0 Å². The molecular weight excluding hydrogens is 689 g/mol. The zero-order valence-electron chi connectivity index (χ0n) is 29.7. The van der Waals surface area contributed by atoms with Gasteiger partial charge in [0, 0.05) is 39.5 Å². The van der Waals surface area contributed by atoms with Gasteiger partial charge in [-0.2, -0.15) is 0 Å². The summed E-state index contributed by atoms with van der Waals surface area (Å²) in [6, 6.07) is 69.3. The van der Waals surface area contributed by atoms with Gasteiger partial charge < -0.3 is 9.32 Å². The van der Waals surface area contributed by atoms with Crippen molar-refractivity contribution in [2.45, 2.75) is 0 Å². The molecule has 0 fully saturated rings. The lowest BCUT2D eigenvalue weighted by Crippen LogP contribution is -2.09. The van der Waals surface area contributed by atoms with E-state index in [0.717, 1.165) is 66.2 Å². The minimum absolute atomic E-state index is 0.858. The van der Waals surface area contributed by atoms with Gasteiger partial charge in [-0.1, -0.05) is 109 Å². The topological polar surface area (TPSA) is 29.3 Å². The largest absolute Gasteiger partial charge is 0.456 e. The number of aromatic nitrogens is 1. The predicted octanol–water partition coefficient (Wildman–Crippen LogP) is 15.0. The molecule has 0 aliphatic rings. The first-order chi connectivity index (χ1) is 27.2. The summed E-state index contributed by atoms with van der Waals surface area (Å²) < 4.78 is 7.81. The molecule has 0 radical (unpaired) electrons. The van der Waals surface area contributed by atoms with Gasteiger partial charge in [0.15, 0.2) is 0 Å². The van der Waals surface area contributed by atoms with Gasteiger partial charge in [0.05, 0.1) is 10.2 Å². The van der Waals surface area contributed by atoms with Gasteiger partial charge in [0.25, 0.3) is 0 Å². The minimum Gasteiger partial charge on any atom is -0.456 e. The second-order valence-corrected chi connectivity index (χ2v) is 15.1. The Morgan fingerprint density at radius 1 is 0.382 bits per heavy atom. The fourth-order valence-corrected chi connectivity index (χ4v) is 8.80. The van der Waals surface area contributed by atoms with Crippen LogP contribution in [0.1, 0.15) is 0 Å². The third-order valence-corrected chi connectivity index (χ3v) is 11.7. The van der Waals surface area contributed by atoms with E-state index >= 15 is 0 Å². The van der Waals surface area contributed by atoms with Crippen molar-refractivity contribution in [3.63, 3.8) is 0 Å². The Kier molecular flexibility index (Phi) is 7.35. The number of furan rings is 1. The second kappa shape index (κ2) is 12.8. The molecule has 0 bridgehead atoms. The van der Waals surface area contributed by atoms with Crippen LogP contribution in [0, 0.1) is 0 Å². The molecule has 0 spiro atoms. The zero-order valence-corrected chi connectivity index (χ0v) is 30.5. The lowest BCUT2D eigenvalue weighted by molar-refractivity contribution is 0.669. The van der Waals surface area contributed by atoms with Crippen LogP contribution < -0.4 is 4.90 Å². The van der Waals surface area contributed by atoms with Crippen LogP contribution in [-0.2, 0) is 0 Å². The van der Waals surface area contributed by atoms with Crippen LogP contribution in [0.5, 0.6) is 0 Å². The smallest absolute Gasteiger partial charge is 0.137 e. The number of thiazole rings is 1. The minimum atomic E-state index is 0.858. The van der Waals surface area contributed by atoms with Crippen LogP contribution in [0.3, 0.4) is 0 Å². The van der Waals surface area contributed by atoms with Gasteiger partial charge in [-0.3, -0.25) is 0 Å². The van der Waals surface area contributed by atoms with E-state index in [9.17, 15) is 0 Å². The molecule has 11 aromatic rings. The van der Waals surface area contributed by atoms with Crippen LogP contribution in [0.25, 0.3) is 86.5 Å². The maximum Gasteiger partial charge on any atom is 0.137 e. The number of nitrogens with zero attached hydrogens (tertiary/aromatic N) is 2. The number of para-hydroxylation sites is 2. The van der Waals surface area contributed by atoms with E-state index in [1.54, 1.807) is 11.3 Å². The quantitative estimate of drug-likeness (QED) is 0.160. The molecular formula is C51H32N2OS. The van der Waals surface area contributed by atoms with Crippen molar-refractivity contribution < 1.29 is 4.42 Å². The molecule has 9 aromatic carbocycles. The monoisotopic (exact) mass is 720 g/mol. The van der Waals surface area contributed by atoms with Crippen LogP contribution in [0.4, 0.5) is 17.1 Å². The lowest BCUT2D eigenvalue weighted by Gasteiger charge is -2.25. The van der Waals surface area contributed by atoms with Crippen LogP contribution >= 0.6 is 11.3 Å². The third kappa shape index (κ3) is 5.63. The average molecular weight is 721 g/mol. The second-order valence-electron chi connectivity index (χ2n) is 14.0. The number of hydrogen-bond donors (Lipinski definition) is 0. The Hall–Kier alpha value is -7.01. The molecule has 0 saturated carbocycles. The molecule has 0 aliphatic carbocycles. The first-order valence-electron chi connectivity index (χ1n) is 18.5. The summed E-state index contributed by atoms with van der Waals surface area (Å²) in [5, 5.41) is 8.27. The van der Waals surface area contributed by atoms with Gasteiger partial charge >= 0.3 is 0 Å². The van der Waals surface area contributed by atoms with E-state index in [-0.39, 0.29) is 0 Å². The van der Waals surface area contributed by atoms with Crippen LogP contribution in [0.2, 0.25) is 0 Å². The first-order valence-corrected chi connectivity index (χ1v) is 19.3. The van der Waals surface area contributed by atoms with Crippen molar-refractivity contribution in [2.75, 3.05) is 4.90 Å². The Morgan fingerprint density at radius 3 is 1.71 bits per heavy atom. The van der Waals surface area contributed by atoms with Crippen molar-refractivity contribution in [3.8, 4) is 32.8 Å². The van der Waals surface area contributed by atoms with Crippen molar-refractivity contribution in [1.29, 1.82) is 0 Å². The van der Waals surface area contributed by atoms with Gasteiger partial charge in [-0.15, -0.1) is 11.3 Å². The summed E-state index contributed by atoms with van der Waals surface area (Å²) in [4.78, 5) is 7.13. The van der Waals surface area contributed by atoms with Gasteiger partial charge in [0.1, 0.15) is 16.2 Å². The molecule has 0 amide bonds. The molecule has 11 rings (SSSR count). The summed E-state index contributed by atoms with van der Waals surface area (Å²) >= 11 is 1.73. The SMILES string of the molecule is c1ccc(N(c2ccc(-c3ccc4cc5ccccc5cc4c3)cc2)c2ccc3c(c2)oc2cc(-c4ccc(-c5nc6ccccc6s5)cc4)ccc23)cc1. The highest BCUT2D eigenvalue weighted by molar-refractivity contribution is 7.21. The Bertz CT molecular complexity index is 3160. The van der Waals surface area contributed by atoms with Crippen molar-refractivity contribution in [3.05, 3.63) is 194 Å². The molecule has 0 N–H and O–H groups in total. The number of fused-ring (bicyclic) bond motifs is 6. The van der Waals surface area contributed by atoms with Crippen molar-refractivity contribution in [2.24, 2.45) is 0 Å². The molecule has 55 heavy (non-hydrogen) atoms. The maximum absolute atomic E-state index is 6.61. The first kappa shape index (κ1) is 31.5. The highest BCUT2D eigenvalue weighted by Gasteiger charge is 2.16. The van der Waals surface area contributed by atoms with E-state index in [1.807, 2.05) is 6.07 Å². The van der Waals surface area contributed by atoms with E-state index in [2.05, 4.69) is 193 Å². The molecule has 0 aliphatic heterocycles. The summed E-state index contributed by atoms with van der Waals surface area (Å²) in [5.41, 5.74) is 11.7. The standard InChI is InChI=1S/C51H32N2OS/c1-2-10-42(11-3-1)53(43-23-20-34(21-24-43)38-18-19-39-28-36-8-4-5-9-37(36)29-41(39)30-38)44-25-27-46-45-26-22-40(31-48(45)54-49(46)32-44)33-14-16-35(17-15-33)51-52-47-12-6-7-13-50(47)55-51/h1-32H. The molecule has 258 valence electrons. The summed E-state index contributed by atoms with van der Waals surface area (Å²) in [5.74, 6) is 0. The zero-order chi connectivity index (χ0) is 36.3. The molecule has 4 heteroatoms. The van der Waals surface area contributed by atoms with Crippen LogP contribution in [0.15, 0.2) is 199 Å². The average Bonchev–Trinajstić information content (AvgIpc) is 3.85. The Morgan fingerprint density at radius 2 is 0.927 bits per heavy atom. The highest BCUT2D eigenvalue weighted by atomic mass is 32.1. The van der Waals surface area contributed by atoms with E-state index in [4.69, 9.17) is 9.40 Å². The summed E-state index contributed by atoms with van der Waals surface area (Å²) in [7, 11) is 0. The number of hydrogen-bond acceptors (Lipinski definition) is 4. The van der Waals surface area contributed by atoms with E-state index in [0.29, 0.717) is 0 Å². The Labute approximate surface area is 322 Å². The molecule has 0 saturated heterocycles. The normalized spacial score (nSPS) is 11.6. The van der Waals surface area contributed by atoms with Crippen molar-refractivity contribution in [1.82, 2.24) is 4.98 Å². The Balaban J connectivity index is 0.918. The highest BCUT2D eigenvalue weighted by Crippen LogP contribution is 2.40. The number of rotatable bonds is 6. The maximum atomic E-state index is 6.61. The molecule has 0 atom stereocenters. The molecule has 3 nitrogen and oxygen atoms in total. The number of benzene rings is 9. The summed E-state index contributed by atoms with van der Waals surface area (Å²) in [6.45, 7) is 0. The predicted molar refractivity (Wildman–Crippen MR) is 233 cm³/mol. The van der Waals surface area contributed by atoms with Crippen molar-refractivity contribution >= 4 is 82.1 Å². The lowest BCUT2D eigenvalue weighted by atomic mass is 9.98. The van der Waals surface area contributed by atoms with Gasteiger partial charge in [-0.05, 0) is 123 Å².